The number of hydrogen-bond acceptors (Lipinski definition) is 5. The number of nitrogens with two attached hydrogens (primary N) is 1. The van der Waals surface area contributed by atoms with E-state index in [0.29, 0.717) is 22.8 Å². The molecule has 0 radical (unpaired) electrons. The Labute approximate surface area is 145 Å². The van der Waals surface area contributed by atoms with Crippen molar-refractivity contribution in [2.24, 2.45) is 5.73 Å². The first-order valence-corrected chi connectivity index (χ1v) is 7.50. The van der Waals surface area contributed by atoms with Crippen molar-refractivity contribution in [1.29, 1.82) is 0 Å². The molecule has 132 valence electrons. The summed E-state index contributed by atoms with van der Waals surface area (Å²) in [6, 6.07) is 12.2. The molecule has 3 N–H and O–H groups in total. The van der Waals surface area contributed by atoms with Crippen LogP contribution in [-0.4, -0.2) is 33.1 Å². The number of nitrogens with one attached hydrogen (secondary N) is 1. The van der Waals surface area contributed by atoms with Gasteiger partial charge in [-0.1, -0.05) is 11.2 Å². The number of methoxy groups -OCH3 is 3. The summed E-state index contributed by atoms with van der Waals surface area (Å²) in [5.41, 5.74) is 7.27. The van der Waals surface area contributed by atoms with Gasteiger partial charge in [-0.05, 0) is 42.0 Å². The van der Waals surface area contributed by atoms with Crippen molar-refractivity contribution in [2.75, 3.05) is 21.3 Å². The molecule has 0 aliphatic rings. The maximum atomic E-state index is 12.0. The molecule has 0 amide bonds. The molecule has 0 bridgehead atoms. The zero-order chi connectivity index (χ0) is 18.2. The Morgan fingerprint density at radius 2 is 1.64 bits per heavy atom. The van der Waals surface area contributed by atoms with Gasteiger partial charge in [-0.2, -0.15) is 0 Å². The number of carbonyl (C=O) groups is 1. The lowest BCUT2D eigenvalue weighted by Gasteiger charge is -2.08. The third-order valence-electron chi connectivity index (χ3n) is 3.47. The van der Waals surface area contributed by atoms with Crippen LogP contribution < -0.4 is 25.1 Å². The van der Waals surface area contributed by atoms with Gasteiger partial charge in [0, 0.05) is 0 Å². The molecule has 0 saturated heterocycles. The van der Waals surface area contributed by atoms with E-state index in [1.165, 1.54) is 7.11 Å². The zero-order valence-electron chi connectivity index (χ0n) is 14.4. The standard InChI is InChI=1S/C18H20N2O5/c1-22-14-7-5-13(6-8-14)18(19)20-25-17(21)11-12-4-9-15(23-2)16(10-12)24-3/h4-10H,11H2,1-3H3,(H2,19,20)/p+1. The monoisotopic (exact) mass is 345 g/mol. The van der Waals surface area contributed by atoms with Gasteiger partial charge in [0.1, 0.15) is 5.75 Å². The SMILES string of the molecule is COc1ccc(C(N)=[NH+]OC(=O)Cc2ccc(OC)c(OC)c2)cc1. The van der Waals surface area contributed by atoms with E-state index in [1.54, 1.807) is 56.7 Å². The molecular formula is C18H21N2O5+. The van der Waals surface area contributed by atoms with Gasteiger partial charge >= 0.3 is 11.8 Å². The molecule has 0 atom stereocenters. The van der Waals surface area contributed by atoms with Gasteiger partial charge in [-0.3, -0.25) is 10.6 Å². The van der Waals surface area contributed by atoms with Gasteiger partial charge < -0.3 is 14.2 Å². The normalized spacial score (nSPS) is 10.9. The van der Waals surface area contributed by atoms with E-state index >= 15 is 0 Å². The Bertz CT molecular complexity index is 757. The van der Waals surface area contributed by atoms with Crippen molar-refractivity contribution in [2.45, 2.75) is 6.42 Å². The Morgan fingerprint density at radius 1 is 0.960 bits per heavy atom. The second kappa shape index (κ2) is 8.58. The molecule has 0 aliphatic carbocycles. The largest absolute Gasteiger partial charge is 0.497 e. The molecule has 0 unspecified atom stereocenters. The average Bonchev–Trinajstić information content (AvgIpc) is 2.66. The lowest BCUT2D eigenvalue weighted by atomic mass is 10.1. The van der Waals surface area contributed by atoms with Crippen molar-refractivity contribution in [3.8, 4) is 17.2 Å². The lowest BCUT2D eigenvalue weighted by Crippen LogP contribution is -2.75. The molecular weight excluding hydrogens is 324 g/mol. The summed E-state index contributed by atoms with van der Waals surface area (Å²) in [5.74, 6) is 1.59. The van der Waals surface area contributed by atoms with Crippen LogP contribution in [0, 0.1) is 0 Å². The third-order valence-corrected chi connectivity index (χ3v) is 3.47. The fourth-order valence-corrected chi connectivity index (χ4v) is 2.13. The van der Waals surface area contributed by atoms with Crippen molar-refractivity contribution in [1.82, 2.24) is 0 Å². The number of rotatable bonds is 7. The zero-order valence-corrected chi connectivity index (χ0v) is 14.4. The number of amidine groups is 1. The van der Waals surface area contributed by atoms with Gasteiger partial charge in [-0.25, -0.2) is 4.79 Å². The minimum absolute atomic E-state index is 0.0588. The summed E-state index contributed by atoms with van der Waals surface area (Å²) in [7, 11) is 4.66. The van der Waals surface area contributed by atoms with Crippen LogP contribution in [0.1, 0.15) is 11.1 Å². The summed E-state index contributed by atoms with van der Waals surface area (Å²) in [4.78, 5) is 17.0. The van der Waals surface area contributed by atoms with E-state index < -0.39 is 5.97 Å². The van der Waals surface area contributed by atoms with E-state index in [0.717, 1.165) is 5.56 Å². The predicted molar refractivity (Wildman–Crippen MR) is 91.6 cm³/mol. The van der Waals surface area contributed by atoms with Crippen LogP contribution in [0.4, 0.5) is 0 Å². The molecule has 0 saturated carbocycles. The number of nitrogen functional groups attached to an aromatic ring is 1. The Hall–Kier alpha value is -3.22. The molecule has 7 nitrogen and oxygen atoms in total. The van der Waals surface area contributed by atoms with Crippen molar-refractivity contribution >= 4 is 11.8 Å². The molecule has 0 aromatic heterocycles. The van der Waals surface area contributed by atoms with Crippen LogP contribution in [0.25, 0.3) is 0 Å². The van der Waals surface area contributed by atoms with Crippen molar-refractivity contribution in [3.63, 3.8) is 0 Å². The van der Waals surface area contributed by atoms with Gasteiger partial charge in [0.15, 0.2) is 11.5 Å². The smallest absolute Gasteiger partial charge is 0.361 e. The highest BCUT2D eigenvalue weighted by Crippen LogP contribution is 2.27. The average molecular weight is 345 g/mol. The highest BCUT2D eigenvalue weighted by atomic mass is 16.7. The molecule has 2 rings (SSSR count). The van der Waals surface area contributed by atoms with Gasteiger partial charge in [0.25, 0.3) is 0 Å². The fourth-order valence-electron chi connectivity index (χ4n) is 2.13. The van der Waals surface area contributed by atoms with Crippen LogP contribution >= 0.6 is 0 Å². The second-order valence-electron chi connectivity index (χ2n) is 5.08. The molecule has 2 aromatic rings. The predicted octanol–water partition coefficient (Wildman–Crippen LogP) is 0.199. The number of hydrogen-bond donors (Lipinski definition) is 2. The Balaban J connectivity index is 1.99. The summed E-state index contributed by atoms with van der Waals surface area (Å²) < 4.78 is 15.4. The highest BCUT2D eigenvalue weighted by Gasteiger charge is 2.12. The number of carbonyl (C=O) groups excluding carboxylic acids is 1. The van der Waals surface area contributed by atoms with Crippen LogP contribution in [-0.2, 0) is 16.1 Å². The van der Waals surface area contributed by atoms with E-state index in [-0.39, 0.29) is 12.3 Å². The van der Waals surface area contributed by atoms with E-state index in [2.05, 4.69) is 5.16 Å². The van der Waals surface area contributed by atoms with Crippen molar-refractivity contribution in [3.05, 3.63) is 53.6 Å². The van der Waals surface area contributed by atoms with Gasteiger partial charge in [0.2, 0.25) is 0 Å². The summed E-state index contributed by atoms with van der Waals surface area (Å²) >= 11 is 0. The van der Waals surface area contributed by atoms with Crippen LogP contribution in [0.2, 0.25) is 0 Å². The first-order chi connectivity index (χ1) is 12.1. The third kappa shape index (κ3) is 4.87. The molecule has 25 heavy (non-hydrogen) atoms. The Kier molecular flexibility index (Phi) is 6.22. The van der Waals surface area contributed by atoms with Gasteiger partial charge in [-0.15, -0.1) is 0 Å². The molecule has 0 spiro atoms. The highest BCUT2D eigenvalue weighted by molar-refractivity contribution is 5.93. The van der Waals surface area contributed by atoms with Crippen LogP contribution in [0.3, 0.4) is 0 Å². The van der Waals surface area contributed by atoms with Gasteiger partial charge in [0.05, 0.1) is 33.3 Å². The quantitative estimate of drug-likeness (QED) is 0.322. The van der Waals surface area contributed by atoms with Crippen LogP contribution in [0.5, 0.6) is 17.2 Å². The fraction of sp³-hybridized carbons (Fsp3) is 0.222. The lowest BCUT2D eigenvalue weighted by molar-refractivity contribution is -0.724. The second-order valence-corrected chi connectivity index (χ2v) is 5.08. The summed E-state index contributed by atoms with van der Waals surface area (Å²) in [6.45, 7) is 0. The first kappa shape index (κ1) is 18.1. The molecule has 7 heteroatoms. The van der Waals surface area contributed by atoms with E-state index in [1.807, 2.05) is 0 Å². The molecule has 0 aliphatic heterocycles. The summed E-state index contributed by atoms with van der Waals surface area (Å²) in [5, 5.41) is 2.46. The molecule has 0 fully saturated rings. The molecule has 0 heterocycles. The maximum Gasteiger partial charge on any atom is 0.361 e. The summed E-state index contributed by atoms with van der Waals surface area (Å²) in [6.07, 6.45) is 0.0588. The first-order valence-electron chi connectivity index (χ1n) is 7.50. The van der Waals surface area contributed by atoms with Crippen LogP contribution in [0.15, 0.2) is 42.5 Å². The Morgan fingerprint density at radius 3 is 2.24 bits per heavy atom. The minimum Gasteiger partial charge on any atom is -0.497 e. The molecule has 2 aromatic carbocycles. The van der Waals surface area contributed by atoms with Crippen molar-refractivity contribution < 1.29 is 29.0 Å². The van der Waals surface area contributed by atoms with E-state index in [9.17, 15) is 4.79 Å². The minimum atomic E-state index is -0.483. The van der Waals surface area contributed by atoms with E-state index in [4.69, 9.17) is 24.8 Å². The number of ether oxygens (including phenoxy) is 3. The topological polar surface area (TPSA) is 94.0 Å². The maximum absolute atomic E-state index is 12.0. The number of benzene rings is 2.